The predicted octanol–water partition coefficient (Wildman–Crippen LogP) is 4.36. The molecule has 0 fully saturated rings. The van der Waals surface area contributed by atoms with Crippen molar-refractivity contribution in [3.63, 3.8) is 0 Å². The molecule has 1 unspecified atom stereocenters. The van der Waals surface area contributed by atoms with Gasteiger partial charge in [-0.25, -0.2) is 5.01 Å². The quantitative estimate of drug-likeness (QED) is 0.409. The van der Waals surface area contributed by atoms with Crippen LogP contribution in [0.25, 0.3) is 0 Å². The Kier molecular flexibility index (Phi) is 6.12. The third-order valence-electron chi connectivity index (χ3n) is 5.16. The van der Waals surface area contributed by atoms with E-state index in [2.05, 4.69) is 5.10 Å². The molecule has 0 radical (unpaired) electrons. The van der Waals surface area contributed by atoms with Gasteiger partial charge in [0.05, 0.1) is 29.9 Å². The van der Waals surface area contributed by atoms with E-state index in [1.54, 1.807) is 13.2 Å². The highest BCUT2D eigenvalue weighted by atomic mass is 16.6. The molecular weight excluding hydrogens is 410 g/mol. The molecule has 162 valence electrons. The first-order chi connectivity index (χ1) is 15.5. The summed E-state index contributed by atoms with van der Waals surface area (Å²) in [6.45, 7) is -0.292. The van der Waals surface area contributed by atoms with Gasteiger partial charge < -0.3 is 9.47 Å². The fourth-order valence-corrected chi connectivity index (χ4v) is 3.53. The molecule has 1 aliphatic heterocycles. The maximum Gasteiger partial charge on any atom is 0.281 e. The van der Waals surface area contributed by atoms with Crippen molar-refractivity contribution >= 4 is 17.3 Å². The minimum atomic E-state index is -0.509. The van der Waals surface area contributed by atoms with Crippen LogP contribution in [0.3, 0.4) is 0 Å². The van der Waals surface area contributed by atoms with Crippen molar-refractivity contribution < 1.29 is 19.2 Å². The van der Waals surface area contributed by atoms with E-state index < -0.39 is 4.92 Å². The summed E-state index contributed by atoms with van der Waals surface area (Å²) in [5.74, 6) is 0.631. The van der Waals surface area contributed by atoms with Gasteiger partial charge in [0.2, 0.25) is 0 Å². The molecule has 0 bridgehead atoms. The Morgan fingerprint density at radius 3 is 2.50 bits per heavy atom. The number of hydrogen-bond donors (Lipinski definition) is 0. The van der Waals surface area contributed by atoms with Gasteiger partial charge in [-0.05, 0) is 29.3 Å². The van der Waals surface area contributed by atoms with Crippen molar-refractivity contribution in [3.05, 3.63) is 100 Å². The lowest BCUT2D eigenvalue weighted by atomic mass is 9.98. The van der Waals surface area contributed by atoms with Crippen LogP contribution in [0.1, 0.15) is 23.6 Å². The Hall–Kier alpha value is -4.20. The van der Waals surface area contributed by atoms with Gasteiger partial charge in [0.1, 0.15) is 11.5 Å². The minimum absolute atomic E-state index is 0.100. The zero-order valence-corrected chi connectivity index (χ0v) is 17.4. The number of hydrogen-bond acceptors (Lipinski definition) is 6. The second kappa shape index (κ2) is 9.30. The van der Waals surface area contributed by atoms with Gasteiger partial charge in [-0.3, -0.25) is 14.9 Å². The molecule has 8 heteroatoms. The molecule has 0 saturated heterocycles. The fourth-order valence-electron chi connectivity index (χ4n) is 3.53. The number of nitrogens with zero attached hydrogens (tertiary/aromatic N) is 3. The molecule has 1 aliphatic rings. The van der Waals surface area contributed by atoms with E-state index >= 15 is 0 Å². The molecule has 0 aliphatic carbocycles. The van der Waals surface area contributed by atoms with E-state index in [0.717, 1.165) is 22.6 Å². The highest BCUT2D eigenvalue weighted by molar-refractivity contribution is 6.03. The Morgan fingerprint density at radius 2 is 1.81 bits per heavy atom. The summed E-state index contributed by atoms with van der Waals surface area (Å²) >= 11 is 0. The summed E-state index contributed by atoms with van der Waals surface area (Å²) < 4.78 is 10.8. The molecule has 0 aromatic heterocycles. The third kappa shape index (κ3) is 4.59. The predicted molar refractivity (Wildman–Crippen MR) is 119 cm³/mol. The highest BCUT2D eigenvalue weighted by Gasteiger charge is 2.33. The van der Waals surface area contributed by atoms with Crippen LogP contribution in [0.4, 0.5) is 5.69 Å². The number of hydrazone groups is 1. The summed E-state index contributed by atoms with van der Waals surface area (Å²) in [6.07, 6.45) is 0.554. The monoisotopic (exact) mass is 431 g/mol. The van der Waals surface area contributed by atoms with Crippen molar-refractivity contribution in [2.24, 2.45) is 5.10 Å². The molecule has 3 aromatic rings. The van der Waals surface area contributed by atoms with Crippen molar-refractivity contribution in [1.29, 1.82) is 0 Å². The summed E-state index contributed by atoms with van der Waals surface area (Å²) in [6, 6.07) is 22.7. The number of nitro benzene ring substituents is 1. The Balaban J connectivity index is 1.56. The number of ether oxygens (including phenoxy) is 2. The first kappa shape index (κ1) is 21.0. The maximum absolute atomic E-state index is 13.1. The minimum Gasteiger partial charge on any atom is -0.497 e. The van der Waals surface area contributed by atoms with Crippen molar-refractivity contribution in [2.75, 3.05) is 13.7 Å². The van der Waals surface area contributed by atoms with Gasteiger partial charge in [-0.1, -0.05) is 48.5 Å². The Bertz CT molecular complexity index is 1150. The smallest absolute Gasteiger partial charge is 0.281 e. The van der Waals surface area contributed by atoms with E-state index in [-0.39, 0.29) is 30.0 Å². The van der Waals surface area contributed by atoms with Crippen LogP contribution in [0.15, 0.2) is 84.0 Å². The van der Waals surface area contributed by atoms with Gasteiger partial charge in [-0.2, -0.15) is 5.10 Å². The summed E-state index contributed by atoms with van der Waals surface area (Å²) in [7, 11) is 1.60. The topological polar surface area (TPSA) is 94.3 Å². The lowest BCUT2D eigenvalue weighted by Crippen LogP contribution is -2.31. The molecule has 0 saturated carbocycles. The first-order valence-corrected chi connectivity index (χ1v) is 10.0. The van der Waals surface area contributed by atoms with Gasteiger partial charge in [-0.15, -0.1) is 0 Å². The van der Waals surface area contributed by atoms with Crippen molar-refractivity contribution in [3.8, 4) is 11.5 Å². The van der Waals surface area contributed by atoms with Gasteiger partial charge >= 0.3 is 0 Å². The molecule has 0 spiro atoms. The largest absolute Gasteiger partial charge is 0.497 e. The van der Waals surface area contributed by atoms with Crippen molar-refractivity contribution in [1.82, 2.24) is 5.01 Å². The van der Waals surface area contributed by atoms with Crippen LogP contribution < -0.4 is 9.47 Å². The lowest BCUT2D eigenvalue weighted by Gasteiger charge is -2.22. The molecule has 0 N–H and O–H groups in total. The normalized spacial score (nSPS) is 15.2. The second-order valence-corrected chi connectivity index (χ2v) is 7.19. The first-order valence-electron chi connectivity index (χ1n) is 10.0. The lowest BCUT2D eigenvalue weighted by molar-refractivity contribution is -0.384. The molecule has 4 rings (SSSR count). The van der Waals surface area contributed by atoms with Crippen molar-refractivity contribution in [2.45, 2.75) is 12.5 Å². The molecule has 1 atom stereocenters. The Labute approximate surface area is 184 Å². The number of non-ortho nitro benzene ring substituents is 1. The summed E-state index contributed by atoms with van der Waals surface area (Å²) in [4.78, 5) is 23.5. The average Bonchev–Trinajstić information content (AvgIpc) is 3.29. The number of nitro groups is 1. The van der Waals surface area contributed by atoms with Crippen LogP contribution >= 0.6 is 0 Å². The van der Waals surface area contributed by atoms with E-state index in [9.17, 15) is 14.9 Å². The highest BCUT2D eigenvalue weighted by Crippen LogP contribution is 2.33. The third-order valence-corrected chi connectivity index (χ3v) is 5.16. The zero-order chi connectivity index (χ0) is 22.5. The molecule has 3 aromatic carbocycles. The molecule has 1 amide bonds. The number of methoxy groups -OCH3 is 1. The number of amides is 1. The zero-order valence-electron chi connectivity index (χ0n) is 17.4. The molecular formula is C24H21N3O5. The number of carbonyl (C=O) groups excluding carboxylic acids is 1. The second-order valence-electron chi connectivity index (χ2n) is 7.19. The average molecular weight is 431 g/mol. The Morgan fingerprint density at radius 1 is 1.06 bits per heavy atom. The number of benzene rings is 3. The number of carbonyl (C=O) groups is 1. The maximum atomic E-state index is 13.1. The SMILES string of the molecule is COc1ccc(C2CC(c3ccccc3)=NN2C(=O)COc2cccc([N+](=O)[O-])c2)cc1. The van der Waals surface area contributed by atoms with E-state index in [0.29, 0.717) is 6.42 Å². The van der Waals surface area contributed by atoms with Gasteiger partial charge in [0.15, 0.2) is 6.61 Å². The van der Waals surface area contributed by atoms with Crippen LogP contribution in [0.5, 0.6) is 11.5 Å². The van der Waals surface area contributed by atoms with E-state index in [1.165, 1.54) is 23.2 Å². The standard InChI is InChI=1S/C24H21N3O5/c1-31-20-12-10-18(11-13-20)23-15-22(17-6-3-2-4-7-17)25-26(23)24(28)16-32-21-9-5-8-19(14-21)27(29)30/h2-14,23H,15-16H2,1H3. The van der Waals surface area contributed by atoms with Gasteiger partial charge in [0, 0.05) is 12.5 Å². The van der Waals surface area contributed by atoms with Crippen LogP contribution in [-0.4, -0.2) is 35.3 Å². The van der Waals surface area contributed by atoms with E-state index in [1.807, 2.05) is 54.6 Å². The number of rotatable bonds is 7. The summed E-state index contributed by atoms with van der Waals surface area (Å²) in [5, 5.41) is 17.0. The van der Waals surface area contributed by atoms with E-state index in [4.69, 9.17) is 9.47 Å². The van der Waals surface area contributed by atoms with Crippen LogP contribution in [0, 0.1) is 10.1 Å². The van der Waals surface area contributed by atoms with Crippen LogP contribution in [0.2, 0.25) is 0 Å². The molecule has 1 heterocycles. The van der Waals surface area contributed by atoms with Crippen LogP contribution in [-0.2, 0) is 4.79 Å². The molecule has 32 heavy (non-hydrogen) atoms. The van der Waals surface area contributed by atoms with Gasteiger partial charge in [0.25, 0.3) is 11.6 Å². The fraction of sp³-hybridized carbons (Fsp3) is 0.167. The summed E-state index contributed by atoms with van der Waals surface area (Å²) in [5.41, 5.74) is 2.57. The molecule has 8 nitrogen and oxygen atoms in total.